The van der Waals surface area contributed by atoms with E-state index in [2.05, 4.69) is 24.4 Å². The van der Waals surface area contributed by atoms with Gasteiger partial charge in [-0.25, -0.2) is 0 Å². The Hall–Kier alpha value is -0.530. The molecule has 0 aliphatic heterocycles. The second kappa shape index (κ2) is 6.71. The maximum atomic E-state index is 6.00. The fraction of sp³-hybridized carbons (Fsp3) is 0.684. The Morgan fingerprint density at radius 3 is 2.29 bits per heavy atom. The van der Waals surface area contributed by atoms with Crippen molar-refractivity contribution in [3.63, 3.8) is 0 Å². The molecule has 0 amide bonds. The molecule has 2 fully saturated rings. The highest BCUT2D eigenvalue weighted by Gasteiger charge is 2.37. The van der Waals surface area contributed by atoms with Crippen LogP contribution in [0.3, 0.4) is 0 Å². The largest absolute Gasteiger partial charge is 0.307 e. The Morgan fingerprint density at radius 2 is 1.71 bits per heavy atom. The van der Waals surface area contributed by atoms with Gasteiger partial charge in [0.2, 0.25) is 0 Å². The van der Waals surface area contributed by atoms with Gasteiger partial charge in [-0.1, -0.05) is 43.5 Å². The molecular formula is C19H28ClN. The number of halogens is 1. The first kappa shape index (κ1) is 15.4. The molecule has 0 aromatic heterocycles. The number of nitrogens with one attached hydrogen (secondary N) is 1. The summed E-state index contributed by atoms with van der Waals surface area (Å²) >= 11 is 6.00. The molecule has 0 bridgehead atoms. The zero-order chi connectivity index (χ0) is 14.7. The van der Waals surface area contributed by atoms with E-state index in [1.165, 1.54) is 56.9 Å². The van der Waals surface area contributed by atoms with E-state index in [0.29, 0.717) is 12.1 Å². The van der Waals surface area contributed by atoms with Crippen LogP contribution in [-0.4, -0.2) is 6.04 Å². The summed E-state index contributed by atoms with van der Waals surface area (Å²) in [6.45, 7) is 2.27. The lowest BCUT2D eigenvalue weighted by atomic mass is 9.71. The fourth-order valence-corrected chi connectivity index (χ4v) is 4.58. The van der Waals surface area contributed by atoms with Crippen LogP contribution in [0.5, 0.6) is 0 Å². The van der Waals surface area contributed by atoms with Crippen LogP contribution in [0.4, 0.5) is 0 Å². The van der Waals surface area contributed by atoms with Crippen LogP contribution in [0.2, 0.25) is 5.02 Å². The Balaban J connectivity index is 1.56. The first-order chi connectivity index (χ1) is 10.2. The third-order valence-electron chi connectivity index (χ3n) is 5.83. The van der Waals surface area contributed by atoms with Gasteiger partial charge < -0.3 is 5.32 Å². The maximum Gasteiger partial charge on any atom is 0.0406 e. The van der Waals surface area contributed by atoms with Crippen molar-refractivity contribution in [3.05, 3.63) is 34.9 Å². The van der Waals surface area contributed by atoms with E-state index in [1.807, 2.05) is 12.1 Å². The molecule has 2 heteroatoms. The zero-order valence-electron chi connectivity index (χ0n) is 13.2. The lowest BCUT2D eigenvalue weighted by Crippen LogP contribution is -2.38. The normalized spacial score (nSPS) is 23.5. The molecule has 1 aromatic carbocycles. The summed E-state index contributed by atoms with van der Waals surface area (Å²) in [6.07, 6.45) is 12.7. The lowest BCUT2D eigenvalue weighted by Gasteiger charge is -2.39. The molecule has 116 valence electrons. The molecule has 2 aliphatic rings. The van der Waals surface area contributed by atoms with E-state index >= 15 is 0 Å². The first-order valence-electron chi connectivity index (χ1n) is 8.72. The molecule has 1 nitrogen and oxygen atoms in total. The highest BCUT2D eigenvalue weighted by atomic mass is 35.5. The molecule has 0 saturated heterocycles. The summed E-state index contributed by atoms with van der Waals surface area (Å²) in [5.74, 6) is 0. The molecule has 1 unspecified atom stereocenters. The summed E-state index contributed by atoms with van der Waals surface area (Å²) in [6, 6.07) is 9.54. The third-order valence-corrected chi connectivity index (χ3v) is 6.08. The van der Waals surface area contributed by atoms with Crippen molar-refractivity contribution in [2.75, 3.05) is 0 Å². The van der Waals surface area contributed by atoms with Gasteiger partial charge in [-0.15, -0.1) is 0 Å². The van der Waals surface area contributed by atoms with Gasteiger partial charge in [-0.2, -0.15) is 0 Å². The van der Waals surface area contributed by atoms with Crippen molar-refractivity contribution in [2.24, 2.45) is 5.41 Å². The van der Waals surface area contributed by atoms with Gasteiger partial charge >= 0.3 is 0 Å². The van der Waals surface area contributed by atoms with Crippen LogP contribution in [-0.2, 0) is 0 Å². The first-order valence-corrected chi connectivity index (χ1v) is 9.10. The molecule has 2 aliphatic carbocycles. The quantitative estimate of drug-likeness (QED) is 0.732. The summed E-state index contributed by atoms with van der Waals surface area (Å²) in [4.78, 5) is 0. The van der Waals surface area contributed by atoms with Gasteiger partial charge in [-0.05, 0) is 68.1 Å². The van der Waals surface area contributed by atoms with Gasteiger partial charge in [-0.3, -0.25) is 0 Å². The van der Waals surface area contributed by atoms with Gasteiger partial charge in [0.1, 0.15) is 0 Å². The molecular weight excluding hydrogens is 278 g/mol. The molecule has 1 aromatic rings. The molecule has 2 saturated carbocycles. The zero-order valence-corrected chi connectivity index (χ0v) is 14.0. The predicted octanol–water partition coefficient (Wildman–Crippen LogP) is 5.88. The molecule has 0 heterocycles. The van der Waals surface area contributed by atoms with Crippen molar-refractivity contribution >= 4 is 11.6 Å². The Bertz CT molecular complexity index is 437. The minimum atomic E-state index is 0.477. The molecule has 1 N–H and O–H groups in total. The van der Waals surface area contributed by atoms with Crippen molar-refractivity contribution in [2.45, 2.75) is 76.8 Å². The highest BCUT2D eigenvalue weighted by Crippen LogP contribution is 2.49. The molecule has 21 heavy (non-hydrogen) atoms. The topological polar surface area (TPSA) is 12.0 Å². The van der Waals surface area contributed by atoms with E-state index in [0.717, 1.165) is 16.9 Å². The summed E-state index contributed by atoms with van der Waals surface area (Å²) in [7, 11) is 0. The van der Waals surface area contributed by atoms with E-state index in [1.54, 1.807) is 0 Å². The highest BCUT2D eigenvalue weighted by molar-refractivity contribution is 6.30. The van der Waals surface area contributed by atoms with Crippen LogP contribution < -0.4 is 5.32 Å². The van der Waals surface area contributed by atoms with Crippen molar-refractivity contribution in [3.8, 4) is 0 Å². The molecule has 1 spiro atoms. The SMILES string of the molecule is CCC(NC1CCC2(CCCC2)CC1)c1ccc(Cl)cc1. The summed E-state index contributed by atoms with van der Waals surface area (Å²) in [5.41, 5.74) is 2.11. The number of hydrogen-bond donors (Lipinski definition) is 1. The molecule has 3 rings (SSSR count). The molecule has 0 radical (unpaired) electrons. The smallest absolute Gasteiger partial charge is 0.0406 e. The van der Waals surface area contributed by atoms with Crippen LogP contribution in [0, 0.1) is 5.41 Å². The van der Waals surface area contributed by atoms with E-state index in [9.17, 15) is 0 Å². The molecule has 1 atom stereocenters. The van der Waals surface area contributed by atoms with Gasteiger partial charge in [0.25, 0.3) is 0 Å². The van der Waals surface area contributed by atoms with Crippen LogP contribution in [0.1, 0.15) is 76.3 Å². The summed E-state index contributed by atoms with van der Waals surface area (Å²) in [5, 5.41) is 4.73. The van der Waals surface area contributed by atoms with E-state index in [-0.39, 0.29) is 0 Å². The predicted molar refractivity (Wildman–Crippen MR) is 90.8 cm³/mol. The average Bonchev–Trinajstić information content (AvgIpc) is 2.96. The van der Waals surface area contributed by atoms with E-state index in [4.69, 9.17) is 11.6 Å². The number of hydrogen-bond acceptors (Lipinski definition) is 1. The van der Waals surface area contributed by atoms with Crippen molar-refractivity contribution in [1.82, 2.24) is 5.32 Å². The Kier molecular flexibility index (Phi) is 4.91. The van der Waals surface area contributed by atoms with Gasteiger partial charge in [0.05, 0.1) is 0 Å². The van der Waals surface area contributed by atoms with Gasteiger partial charge in [0.15, 0.2) is 0 Å². The van der Waals surface area contributed by atoms with Crippen molar-refractivity contribution in [1.29, 1.82) is 0 Å². The third kappa shape index (κ3) is 3.63. The Morgan fingerprint density at radius 1 is 1.10 bits per heavy atom. The van der Waals surface area contributed by atoms with Crippen molar-refractivity contribution < 1.29 is 0 Å². The van der Waals surface area contributed by atoms with Gasteiger partial charge in [0, 0.05) is 17.1 Å². The van der Waals surface area contributed by atoms with Crippen LogP contribution in [0.15, 0.2) is 24.3 Å². The van der Waals surface area contributed by atoms with Crippen LogP contribution in [0.25, 0.3) is 0 Å². The average molecular weight is 306 g/mol. The second-order valence-corrected chi connectivity index (χ2v) is 7.60. The number of rotatable bonds is 4. The number of benzene rings is 1. The summed E-state index contributed by atoms with van der Waals surface area (Å²) < 4.78 is 0. The minimum absolute atomic E-state index is 0.477. The van der Waals surface area contributed by atoms with E-state index < -0.39 is 0 Å². The second-order valence-electron chi connectivity index (χ2n) is 7.16. The lowest BCUT2D eigenvalue weighted by molar-refractivity contribution is 0.162. The van der Waals surface area contributed by atoms with Crippen LogP contribution >= 0.6 is 11.6 Å². The fourth-order valence-electron chi connectivity index (χ4n) is 4.45. The standard InChI is InChI=1S/C19H28ClN/c1-2-18(15-5-7-16(20)8-6-15)21-17-9-13-19(14-10-17)11-3-4-12-19/h5-8,17-18,21H,2-4,9-14H2,1H3. The Labute approximate surface area is 134 Å². The maximum absolute atomic E-state index is 6.00. The minimum Gasteiger partial charge on any atom is -0.307 e. The monoisotopic (exact) mass is 305 g/mol.